The topological polar surface area (TPSA) is 88.7 Å². The van der Waals surface area contributed by atoms with Gasteiger partial charge in [-0.1, -0.05) is 30.2 Å². The van der Waals surface area contributed by atoms with E-state index in [9.17, 15) is 9.59 Å². The molecule has 1 saturated heterocycles. The Kier molecular flexibility index (Phi) is 8.71. The molecule has 6 nitrogen and oxygen atoms in total. The van der Waals surface area contributed by atoms with Crippen LogP contribution in [-0.4, -0.2) is 37.6 Å². The molecule has 0 spiro atoms. The zero-order valence-corrected chi connectivity index (χ0v) is 16.0. The predicted molar refractivity (Wildman–Crippen MR) is 103 cm³/mol. The Morgan fingerprint density at radius 1 is 1.12 bits per heavy atom. The molecule has 26 heavy (non-hydrogen) atoms. The van der Waals surface area contributed by atoms with E-state index in [1.807, 2.05) is 12.1 Å². The number of likely N-dealkylation sites (tertiary alicyclic amines) is 1. The van der Waals surface area contributed by atoms with Crippen LogP contribution in [0.4, 0.5) is 4.79 Å². The molecule has 0 bridgehead atoms. The first-order valence-electron chi connectivity index (χ1n) is 9.43. The molecule has 144 valence electrons. The summed E-state index contributed by atoms with van der Waals surface area (Å²) in [5.41, 5.74) is 6.30. The maximum Gasteiger partial charge on any atom is 0.312 e. The van der Waals surface area contributed by atoms with Crippen LogP contribution in [0.25, 0.3) is 0 Å². The van der Waals surface area contributed by atoms with Gasteiger partial charge in [0.05, 0.1) is 13.1 Å². The Morgan fingerprint density at radius 2 is 1.81 bits per heavy atom. The number of rotatable bonds is 9. The second-order valence-corrected chi connectivity index (χ2v) is 7.43. The number of hydrogen-bond donors (Lipinski definition) is 4. The molecule has 1 heterocycles. The third-order valence-corrected chi connectivity index (χ3v) is 5.06. The number of nitrogens with one attached hydrogen (secondary N) is 3. The monoisotopic (exact) mass is 381 g/mol. The van der Waals surface area contributed by atoms with Crippen LogP contribution in [0.3, 0.4) is 0 Å². The van der Waals surface area contributed by atoms with E-state index in [1.165, 1.54) is 5.56 Å². The summed E-state index contributed by atoms with van der Waals surface area (Å²) < 4.78 is 0. The Balaban J connectivity index is 1.55. The van der Waals surface area contributed by atoms with Crippen LogP contribution in [0.5, 0.6) is 0 Å². The molecule has 1 aliphatic rings. The summed E-state index contributed by atoms with van der Waals surface area (Å²) in [4.78, 5) is 24.1. The van der Waals surface area contributed by atoms with Crippen LogP contribution in [-0.2, 0) is 11.3 Å². The van der Waals surface area contributed by atoms with Gasteiger partial charge in [-0.3, -0.25) is 4.79 Å². The lowest BCUT2D eigenvalue weighted by molar-refractivity contribution is -0.918. The summed E-state index contributed by atoms with van der Waals surface area (Å²) in [6.45, 7) is 3.74. The minimum Gasteiger partial charge on any atom is -0.353 e. The van der Waals surface area contributed by atoms with Crippen LogP contribution in [0.1, 0.15) is 44.1 Å². The van der Waals surface area contributed by atoms with Gasteiger partial charge < -0.3 is 21.3 Å². The number of quaternary nitrogens is 1. The van der Waals surface area contributed by atoms with Crippen molar-refractivity contribution < 1.29 is 14.5 Å². The summed E-state index contributed by atoms with van der Waals surface area (Å²) in [6.07, 6.45) is 5.20. The number of amides is 3. The number of benzene rings is 1. The first kappa shape index (κ1) is 20.5. The largest absolute Gasteiger partial charge is 0.353 e. The Labute approximate surface area is 160 Å². The highest BCUT2D eigenvalue weighted by molar-refractivity contribution is 6.30. The third kappa shape index (κ3) is 8.06. The van der Waals surface area contributed by atoms with Crippen molar-refractivity contribution in [3.05, 3.63) is 34.9 Å². The van der Waals surface area contributed by atoms with Crippen LogP contribution in [0.2, 0.25) is 5.02 Å². The molecule has 0 unspecified atom stereocenters. The summed E-state index contributed by atoms with van der Waals surface area (Å²) in [5.74, 6) is 0.138. The highest BCUT2D eigenvalue weighted by atomic mass is 35.5. The van der Waals surface area contributed by atoms with Crippen molar-refractivity contribution in [1.82, 2.24) is 10.6 Å². The SMILES string of the molecule is NC(=O)NCCCCCC(=O)NC1CC[NH+](Cc2ccc(Cl)cc2)CC1. The molecule has 0 saturated carbocycles. The normalized spacial score (nSPS) is 19.7. The molecule has 0 radical (unpaired) electrons. The van der Waals surface area contributed by atoms with Crippen molar-refractivity contribution in [2.45, 2.75) is 51.1 Å². The van der Waals surface area contributed by atoms with Crippen LogP contribution >= 0.6 is 11.6 Å². The second kappa shape index (κ2) is 11.0. The summed E-state index contributed by atoms with van der Waals surface area (Å²) in [5, 5.41) is 6.49. The zero-order chi connectivity index (χ0) is 18.8. The number of piperidine rings is 1. The van der Waals surface area contributed by atoms with Crippen molar-refractivity contribution in [3.63, 3.8) is 0 Å². The van der Waals surface area contributed by atoms with Gasteiger partial charge in [-0.25, -0.2) is 4.79 Å². The fraction of sp³-hybridized carbons (Fsp3) is 0.579. The third-order valence-electron chi connectivity index (χ3n) is 4.81. The van der Waals surface area contributed by atoms with Gasteiger partial charge in [0.25, 0.3) is 0 Å². The minimum atomic E-state index is -0.493. The number of primary amides is 1. The number of carbonyl (C=O) groups excluding carboxylic acids is 2. The number of hydrogen-bond acceptors (Lipinski definition) is 2. The van der Waals surface area contributed by atoms with Crippen molar-refractivity contribution in [2.24, 2.45) is 5.73 Å². The predicted octanol–water partition coefficient (Wildman–Crippen LogP) is 1.23. The van der Waals surface area contributed by atoms with E-state index < -0.39 is 6.03 Å². The number of unbranched alkanes of at least 4 members (excludes halogenated alkanes) is 2. The van der Waals surface area contributed by atoms with Crippen molar-refractivity contribution in [2.75, 3.05) is 19.6 Å². The van der Waals surface area contributed by atoms with Gasteiger partial charge in [0, 0.05) is 42.4 Å². The van der Waals surface area contributed by atoms with Gasteiger partial charge in [-0.2, -0.15) is 0 Å². The zero-order valence-electron chi connectivity index (χ0n) is 15.2. The summed E-state index contributed by atoms with van der Waals surface area (Å²) in [7, 11) is 0. The van der Waals surface area contributed by atoms with Gasteiger partial charge in [-0.15, -0.1) is 0 Å². The van der Waals surface area contributed by atoms with Crippen LogP contribution < -0.4 is 21.3 Å². The van der Waals surface area contributed by atoms with Crippen molar-refractivity contribution in [3.8, 4) is 0 Å². The fourth-order valence-corrected chi connectivity index (χ4v) is 3.46. The standard InChI is InChI=1S/C19H29ClN4O2/c20-16-7-5-15(6-8-16)14-24-12-9-17(10-13-24)23-18(25)4-2-1-3-11-22-19(21)26/h5-8,17H,1-4,9-14H2,(H,23,25)(H3,21,22,26)/p+1. The Hall–Kier alpha value is -1.79. The molecule has 0 aliphatic carbocycles. The molecule has 1 aromatic rings. The minimum absolute atomic E-state index is 0.138. The molecular weight excluding hydrogens is 352 g/mol. The molecule has 5 N–H and O–H groups in total. The lowest BCUT2D eigenvalue weighted by atomic mass is 10.0. The maximum atomic E-state index is 12.0. The van der Waals surface area contributed by atoms with E-state index in [-0.39, 0.29) is 5.91 Å². The molecule has 0 aromatic heterocycles. The van der Waals surface area contributed by atoms with Gasteiger partial charge in [-0.05, 0) is 25.0 Å². The first-order chi connectivity index (χ1) is 12.5. The van der Waals surface area contributed by atoms with E-state index in [1.54, 1.807) is 4.90 Å². The molecule has 7 heteroatoms. The molecule has 0 atom stereocenters. The highest BCUT2D eigenvalue weighted by Gasteiger charge is 2.23. The van der Waals surface area contributed by atoms with Gasteiger partial charge >= 0.3 is 6.03 Å². The average Bonchev–Trinajstić information content (AvgIpc) is 2.61. The Bertz CT molecular complexity index is 571. The molecule has 2 rings (SSSR count). The lowest BCUT2D eigenvalue weighted by Gasteiger charge is -2.29. The van der Waals surface area contributed by atoms with E-state index in [2.05, 4.69) is 22.8 Å². The van der Waals surface area contributed by atoms with Crippen LogP contribution in [0.15, 0.2) is 24.3 Å². The second-order valence-electron chi connectivity index (χ2n) is 7.00. The molecular formula is C19H30ClN4O2+. The quantitative estimate of drug-likeness (QED) is 0.485. The van der Waals surface area contributed by atoms with E-state index in [0.29, 0.717) is 19.0 Å². The molecule has 3 amide bonds. The van der Waals surface area contributed by atoms with Crippen LogP contribution in [0, 0.1) is 0 Å². The van der Waals surface area contributed by atoms with Gasteiger partial charge in [0.1, 0.15) is 6.54 Å². The number of urea groups is 1. The number of halogens is 1. The van der Waals surface area contributed by atoms with Gasteiger partial charge in [0.2, 0.25) is 5.91 Å². The van der Waals surface area contributed by atoms with E-state index in [0.717, 1.165) is 56.8 Å². The average molecular weight is 382 g/mol. The van der Waals surface area contributed by atoms with E-state index in [4.69, 9.17) is 17.3 Å². The number of nitrogens with two attached hydrogens (primary N) is 1. The van der Waals surface area contributed by atoms with E-state index >= 15 is 0 Å². The lowest BCUT2D eigenvalue weighted by Crippen LogP contribution is -3.12. The molecule has 1 fully saturated rings. The Morgan fingerprint density at radius 3 is 2.46 bits per heavy atom. The first-order valence-corrected chi connectivity index (χ1v) is 9.81. The fourth-order valence-electron chi connectivity index (χ4n) is 3.34. The summed E-state index contributed by atoms with van der Waals surface area (Å²) in [6, 6.07) is 7.85. The van der Waals surface area contributed by atoms with Crippen molar-refractivity contribution >= 4 is 23.5 Å². The van der Waals surface area contributed by atoms with Gasteiger partial charge in [0.15, 0.2) is 0 Å². The molecule has 1 aromatic carbocycles. The number of carbonyl (C=O) groups is 2. The summed E-state index contributed by atoms with van der Waals surface area (Å²) >= 11 is 5.93. The maximum absolute atomic E-state index is 12.0. The smallest absolute Gasteiger partial charge is 0.312 e. The molecule has 1 aliphatic heterocycles. The highest BCUT2D eigenvalue weighted by Crippen LogP contribution is 2.09. The van der Waals surface area contributed by atoms with Crippen molar-refractivity contribution in [1.29, 1.82) is 0 Å².